The molecule has 3 aliphatic carbocycles. The summed E-state index contributed by atoms with van der Waals surface area (Å²) in [5.74, 6) is 4.00. The molecule has 1 aromatic carbocycles. The number of ether oxygens (including phenoxy) is 1. The predicted molar refractivity (Wildman–Crippen MR) is 114 cm³/mol. The summed E-state index contributed by atoms with van der Waals surface area (Å²) in [7, 11) is 0. The van der Waals surface area contributed by atoms with Gasteiger partial charge in [0.2, 0.25) is 0 Å². The van der Waals surface area contributed by atoms with Gasteiger partial charge in [-0.25, -0.2) is 0 Å². The lowest BCUT2D eigenvalue weighted by Crippen LogP contribution is -2.43. The number of carbonyl (C=O) groups is 1. The lowest BCUT2D eigenvalue weighted by atomic mass is 9.54. The van der Waals surface area contributed by atoms with E-state index in [4.69, 9.17) is 4.74 Å². The van der Waals surface area contributed by atoms with Crippen LogP contribution in [0, 0.1) is 23.2 Å². The van der Waals surface area contributed by atoms with Crippen molar-refractivity contribution in [3.8, 4) is 5.75 Å². The van der Waals surface area contributed by atoms with Crippen LogP contribution in [-0.2, 0) is 11.2 Å². The lowest BCUT2D eigenvalue weighted by Gasteiger charge is -2.50. The molecule has 5 atom stereocenters. The number of rotatable bonds is 5. The molecule has 2 fully saturated rings. The van der Waals surface area contributed by atoms with Gasteiger partial charge in [0.05, 0.1) is 6.61 Å². The minimum absolute atomic E-state index is 0.257. The Morgan fingerprint density at radius 1 is 1.27 bits per heavy atom. The van der Waals surface area contributed by atoms with Gasteiger partial charge in [-0.3, -0.25) is 4.79 Å². The number of ketones is 1. The Morgan fingerprint density at radius 3 is 2.88 bits per heavy atom. The molecular formula is C23H31IO2. The van der Waals surface area contributed by atoms with Gasteiger partial charge in [-0.15, -0.1) is 0 Å². The number of halogens is 1. The van der Waals surface area contributed by atoms with E-state index < -0.39 is 0 Å². The molecule has 26 heavy (non-hydrogen) atoms. The van der Waals surface area contributed by atoms with Gasteiger partial charge >= 0.3 is 0 Å². The molecule has 2 nitrogen and oxygen atoms in total. The number of Topliss-reactive ketones (excluding diaryl/α,β-unsaturated/α-hetero) is 1. The molecule has 1 aromatic rings. The first-order valence-electron chi connectivity index (χ1n) is 10.4. The maximum atomic E-state index is 12.2. The van der Waals surface area contributed by atoms with Gasteiger partial charge in [-0.2, -0.15) is 0 Å². The average Bonchev–Trinajstić information content (AvgIpc) is 2.99. The van der Waals surface area contributed by atoms with Crippen LogP contribution in [0.3, 0.4) is 0 Å². The maximum Gasteiger partial charge on any atom is 0.133 e. The van der Waals surface area contributed by atoms with Crippen LogP contribution >= 0.6 is 22.6 Å². The minimum Gasteiger partial charge on any atom is -0.494 e. The normalized spacial score (nSPS) is 35.3. The molecule has 0 spiro atoms. The highest BCUT2D eigenvalue weighted by Crippen LogP contribution is 2.63. The minimum atomic E-state index is 0.257. The van der Waals surface area contributed by atoms with E-state index >= 15 is 0 Å². The van der Waals surface area contributed by atoms with Crippen molar-refractivity contribution >= 4 is 28.4 Å². The van der Waals surface area contributed by atoms with Crippen molar-refractivity contribution in [1.29, 1.82) is 0 Å². The monoisotopic (exact) mass is 466 g/mol. The van der Waals surface area contributed by atoms with E-state index in [2.05, 4.69) is 47.7 Å². The zero-order valence-corrected chi connectivity index (χ0v) is 18.3. The van der Waals surface area contributed by atoms with Crippen molar-refractivity contribution in [1.82, 2.24) is 0 Å². The molecular weight excluding hydrogens is 435 g/mol. The lowest BCUT2D eigenvalue weighted by molar-refractivity contribution is -0.125. The Kier molecular flexibility index (Phi) is 5.37. The molecule has 0 radical (unpaired) electrons. The van der Waals surface area contributed by atoms with E-state index in [-0.39, 0.29) is 5.41 Å². The molecule has 2 saturated carbocycles. The summed E-state index contributed by atoms with van der Waals surface area (Å²) in [5, 5.41) is 0. The quantitative estimate of drug-likeness (QED) is 0.305. The fraction of sp³-hybridized carbons (Fsp3) is 0.696. The third kappa shape index (κ3) is 3.12. The Bertz CT molecular complexity index is 685. The number of aryl methyl sites for hydroxylation is 1. The summed E-state index contributed by atoms with van der Waals surface area (Å²) in [5.41, 5.74) is 3.35. The topological polar surface area (TPSA) is 26.3 Å². The van der Waals surface area contributed by atoms with E-state index in [0.29, 0.717) is 17.6 Å². The first kappa shape index (κ1) is 18.8. The van der Waals surface area contributed by atoms with Crippen LogP contribution in [0.1, 0.15) is 69.4 Å². The van der Waals surface area contributed by atoms with Gasteiger partial charge in [0.15, 0.2) is 0 Å². The van der Waals surface area contributed by atoms with Gasteiger partial charge in [0.1, 0.15) is 11.5 Å². The van der Waals surface area contributed by atoms with Crippen molar-refractivity contribution < 1.29 is 9.53 Å². The first-order chi connectivity index (χ1) is 12.5. The van der Waals surface area contributed by atoms with Gasteiger partial charge in [0, 0.05) is 10.3 Å². The summed E-state index contributed by atoms with van der Waals surface area (Å²) in [4.78, 5) is 12.2. The Hall–Kier alpha value is -0.580. The second-order valence-electron chi connectivity index (χ2n) is 8.95. The van der Waals surface area contributed by atoms with Crippen molar-refractivity contribution in [2.45, 2.75) is 64.7 Å². The van der Waals surface area contributed by atoms with E-state index in [1.807, 2.05) is 6.92 Å². The fourth-order valence-corrected chi connectivity index (χ4v) is 6.87. The summed E-state index contributed by atoms with van der Waals surface area (Å²) < 4.78 is 7.08. The highest BCUT2D eigenvalue weighted by molar-refractivity contribution is 14.1. The van der Waals surface area contributed by atoms with E-state index in [1.54, 1.807) is 5.56 Å². The molecule has 0 bridgehead atoms. The second-order valence-corrected chi connectivity index (χ2v) is 10.0. The Labute approximate surface area is 171 Å². The molecule has 4 unspecified atom stereocenters. The number of hydrogen-bond acceptors (Lipinski definition) is 2. The molecule has 0 saturated heterocycles. The summed E-state index contributed by atoms with van der Waals surface area (Å²) >= 11 is 2.40. The standard InChI is InChI=1S/C23H31IO2/c1-15(25)21-8-9-22-20-6-4-16-14-17(26-13-3-12-24)5-7-18(16)19(20)10-11-23(21,22)2/h5,7,14,19-22H,3-4,6,8-13H2,1-2H3/t19?,20?,21-,22?,23?/m0/s1. The maximum absolute atomic E-state index is 12.2. The fourth-order valence-electron chi connectivity index (χ4n) is 6.56. The zero-order chi connectivity index (χ0) is 18.3. The number of hydrogen-bond donors (Lipinski definition) is 0. The third-order valence-corrected chi connectivity index (χ3v) is 8.50. The van der Waals surface area contributed by atoms with Gasteiger partial charge in [-0.1, -0.05) is 35.6 Å². The SMILES string of the molecule is CC(=O)[C@@H]1CCC2C3CCc4cc(OCCCI)ccc4C3CCC21C. The first-order valence-corrected chi connectivity index (χ1v) is 11.9. The van der Waals surface area contributed by atoms with Crippen LogP contribution < -0.4 is 4.74 Å². The van der Waals surface area contributed by atoms with E-state index in [1.165, 1.54) is 37.7 Å². The van der Waals surface area contributed by atoms with Crippen molar-refractivity contribution in [3.63, 3.8) is 0 Å². The molecule has 3 aliphatic rings. The number of fused-ring (bicyclic) bond motifs is 5. The van der Waals surface area contributed by atoms with Crippen LogP contribution in [0.15, 0.2) is 18.2 Å². The molecule has 0 N–H and O–H groups in total. The number of carbonyl (C=O) groups excluding carboxylic acids is 1. The van der Waals surface area contributed by atoms with Crippen molar-refractivity contribution in [2.75, 3.05) is 11.0 Å². The highest BCUT2D eigenvalue weighted by Gasteiger charge is 2.55. The molecule has 0 aliphatic heterocycles. The van der Waals surface area contributed by atoms with Crippen LogP contribution in [-0.4, -0.2) is 16.8 Å². The molecule has 3 heteroatoms. The van der Waals surface area contributed by atoms with Crippen molar-refractivity contribution in [2.24, 2.45) is 23.2 Å². The van der Waals surface area contributed by atoms with E-state index in [9.17, 15) is 4.79 Å². The van der Waals surface area contributed by atoms with Crippen LogP contribution in [0.4, 0.5) is 0 Å². The molecule has 0 aromatic heterocycles. The van der Waals surface area contributed by atoms with E-state index in [0.717, 1.165) is 41.5 Å². The zero-order valence-electron chi connectivity index (χ0n) is 16.1. The van der Waals surface area contributed by atoms with Gasteiger partial charge in [-0.05, 0) is 98.3 Å². The smallest absolute Gasteiger partial charge is 0.133 e. The third-order valence-electron chi connectivity index (χ3n) is 7.74. The molecule has 4 rings (SSSR count). The van der Waals surface area contributed by atoms with Crippen LogP contribution in [0.5, 0.6) is 5.75 Å². The predicted octanol–water partition coefficient (Wildman–Crippen LogP) is 5.95. The molecule has 0 heterocycles. The summed E-state index contributed by atoms with van der Waals surface area (Å²) in [6, 6.07) is 6.85. The van der Waals surface area contributed by atoms with Gasteiger partial charge in [0.25, 0.3) is 0 Å². The molecule has 142 valence electrons. The second kappa shape index (κ2) is 7.44. The summed E-state index contributed by atoms with van der Waals surface area (Å²) in [6.45, 7) is 5.06. The van der Waals surface area contributed by atoms with Crippen LogP contribution in [0.25, 0.3) is 0 Å². The number of benzene rings is 1. The average molecular weight is 466 g/mol. The largest absolute Gasteiger partial charge is 0.494 e. The Balaban J connectivity index is 1.55. The highest BCUT2D eigenvalue weighted by atomic mass is 127. The van der Waals surface area contributed by atoms with Crippen molar-refractivity contribution in [3.05, 3.63) is 29.3 Å². The van der Waals surface area contributed by atoms with Crippen LogP contribution in [0.2, 0.25) is 0 Å². The Morgan fingerprint density at radius 2 is 2.12 bits per heavy atom. The molecule has 0 amide bonds. The summed E-state index contributed by atoms with van der Waals surface area (Å²) in [6.07, 6.45) is 8.43. The number of alkyl halides is 1. The van der Waals surface area contributed by atoms with Gasteiger partial charge < -0.3 is 4.74 Å².